The standard InChI is InChI=1S/C16H17N5O/c1-3-8-18-15-9-14(19-11(2)20-15)16(22)21-13-6-4-12(10-17)5-7-13/h4-7,9H,3,8H2,1-2H3,(H,21,22)(H,18,19,20). The minimum Gasteiger partial charge on any atom is -0.370 e. The molecule has 1 aromatic heterocycles. The van der Waals surface area contributed by atoms with E-state index in [1.54, 1.807) is 37.3 Å². The number of anilines is 2. The van der Waals surface area contributed by atoms with Crippen LogP contribution in [0.1, 0.15) is 35.2 Å². The van der Waals surface area contributed by atoms with Gasteiger partial charge >= 0.3 is 0 Å². The molecule has 2 rings (SSSR count). The number of nitrogens with one attached hydrogen (secondary N) is 2. The van der Waals surface area contributed by atoms with Crippen molar-refractivity contribution in [1.82, 2.24) is 9.97 Å². The number of carbonyl (C=O) groups excluding carboxylic acids is 1. The van der Waals surface area contributed by atoms with Gasteiger partial charge in [-0.25, -0.2) is 9.97 Å². The molecule has 0 aliphatic heterocycles. The van der Waals surface area contributed by atoms with Crippen molar-refractivity contribution < 1.29 is 4.79 Å². The Labute approximate surface area is 129 Å². The Balaban J connectivity index is 2.14. The Morgan fingerprint density at radius 2 is 2.00 bits per heavy atom. The zero-order valence-corrected chi connectivity index (χ0v) is 12.6. The molecule has 0 saturated heterocycles. The molecule has 0 saturated carbocycles. The van der Waals surface area contributed by atoms with Gasteiger partial charge in [0, 0.05) is 18.3 Å². The number of carbonyl (C=O) groups is 1. The van der Waals surface area contributed by atoms with Crippen LogP contribution in [-0.2, 0) is 0 Å². The van der Waals surface area contributed by atoms with Crippen LogP contribution in [0.15, 0.2) is 30.3 Å². The first kappa shape index (κ1) is 15.4. The molecular weight excluding hydrogens is 278 g/mol. The molecule has 0 aliphatic rings. The first-order valence-electron chi connectivity index (χ1n) is 7.03. The van der Waals surface area contributed by atoms with E-state index in [4.69, 9.17) is 5.26 Å². The predicted octanol–water partition coefficient (Wildman–Crippen LogP) is 2.73. The van der Waals surface area contributed by atoms with Crippen LogP contribution in [0.2, 0.25) is 0 Å². The summed E-state index contributed by atoms with van der Waals surface area (Å²) in [6, 6.07) is 10.3. The summed E-state index contributed by atoms with van der Waals surface area (Å²) in [6.07, 6.45) is 0.968. The molecule has 1 heterocycles. The van der Waals surface area contributed by atoms with Crippen LogP contribution < -0.4 is 10.6 Å². The van der Waals surface area contributed by atoms with Crippen molar-refractivity contribution in [3.05, 3.63) is 47.4 Å². The van der Waals surface area contributed by atoms with Gasteiger partial charge in [-0.1, -0.05) is 6.92 Å². The van der Waals surface area contributed by atoms with E-state index in [2.05, 4.69) is 27.5 Å². The lowest BCUT2D eigenvalue weighted by atomic mass is 10.2. The summed E-state index contributed by atoms with van der Waals surface area (Å²) >= 11 is 0. The highest BCUT2D eigenvalue weighted by Gasteiger charge is 2.10. The maximum Gasteiger partial charge on any atom is 0.274 e. The molecule has 0 unspecified atom stereocenters. The van der Waals surface area contributed by atoms with Gasteiger partial charge in [-0.3, -0.25) is 4.79 Å². The molecule has 6 heteroatoms. The predicted molar refractivity (Wildman–Crippen MR) is 84.7 cm³/mol. The van der Waals surface area contributed by atoms with E-state index in [1.165, 1.54) is 0 Å². The zero-order chi connectivity index (χ0) is 15.9. The van der Waals surface area contributed by atoms with E-state index in [9.17, 15) is 4.79 Å². The molecule has 1 aromatic carbocycles. The largest absolute Gasteiger partial charge is 0.370 e. The number of hydrogen-bond acceptors (Lipinski definition) is 5. The summed E-state index contributed by atoms with van der Waals surface area (Å²) in [4.78, 5) is 20.7. The Bertz CT molecular complexity index is 703. The molecule has 6 nitrogen and oxygen atoms in total. The summed E-state index contributed by atoms with van der Waals surface area (Å²) in [5.74, 6) is 0.861. The van der Waals surface area contributed by atoms with Crippen LogP contribution in [0.5, 0.6) is 0 Å². The second kappa shape index (κ2) is 7.18. The van der Waals surface area contributed by atoms with Gasteiger partial charge in [-0.2, -0.15) is 5.26 Å². The van der Waals surface area contributed by atoms with Gasteiger partial charge in [0.05, 0.1) is 11.6 Å². The zero-order valence-electron chi connectivity index (χ0n) is 12.6. The highest BCUT2D eigenvalue weighted by atomic mass is 16.1. The van der Waals surface area contributed by atoms with Crippen LogP contribution in [0.3, 0.4) is 0 Å². The molecule has 0 aliphatic carbocycles. The first-order valence-corrected chi connectivity index (χ1v) is 7.03. The number of nitriles is 1. The fourth-order valence-corrected chi connectivity index (χ4v) is 1.85. The molecule has 112 valence electrons. The van der Waals surface area contributed by atoms with E-state index < -0.39 is 0 Å². The Hall–Kier alpha value is -2.94. The van der Waals surface area contributed by atoms with E-state index in [0.717, 1.165) is 13.0 Å². The van der Waals surface area contributed by atoms with Gasteiger partial charge in [-0.15, -0.1) is 0 Å². The van der Waals surface area contributed by atoms with Crippen molar-refractivity contribution in [2.45, 2.75) is 20.3 Å². The molecule has 0 atom stereocenters. The van der Waals surface area contributed by atoms with Crippen molar-refractivity contribution in [2.24, 2.45) is 0 Å². The van der Waals surface area contributed by atoms with Gasteiger partial charge in [-0.05, 0) is 37.6 Å². The molecule has 22 heavy (non-hydrogen) atoms. The monoisotopic (exact) mass is 295 g/mol. The Morgan fingerprint density at radius 1 is 1.27 bits per heavy atom. The highest BCUT2D eigenvalue weighted by molar-refractivity contribution is 6.03. The normalized spacial score (nSPS) is 9.86. The number of hydrogen-bond donors (Lipinski definition) is 2. The van der Waals surface area contributed by atoms with Gasteiger partial charge < -0.3 is 10.6 Å². The minimum absolute atomic E-state index is 0.301. The SMILES string of the molecule is CCCNc1cc(C(=O)Nc2ccc(C#N)cc2)nc(C)n1. The molecule has 0 fully saturated rings. The van der Waals surface area contributed by atoms with Crippen molar-refractivity contribution in [3.63, 3.8) is 0 Å². The van der Waals surface area contributed by atoms with Crippen LogP contribution in [0.25, 0.3) is 0 Å². The number of nitrogens with zero attached hydrogens (tertiary/aromatic N) is 3. The highest BCUT2D eigenvalue weighted by Crippen LogP contribution is 2.12. The van der Waals surface area contributed by atoms with E-state index >= 15 is 0 Å². The molecular formula is C16H17N5O. The fraction of sp³-hybridized carbons (Fsp3) is 0.250. The number of benzene rings is 1. The molecule has 1 amide bonds. The lowest BCUT2D eigenvalue weighted by molar-refractivity contribution is 0.102. The van der Waals surface area contributed by atoms with E-state index in [1.807, 2.05) is 6.07 Å². The first-order chi connectivity index (χ1) is 10.6. The average molecular weight is 295 g/mol. The maximum atomic E-state index is 12.3. The summed E-state index contributed by atoms with van der Waals surface area (Å²) in [6.45, 7) is 4.59. The third-order valence-electron chi connectivity index (χ3n) is 2.90. The second-order valence-corrected chi connectivity index (χ2v) is 4.76. The Kier molecular flexibility index (Phi) is 5.04. The van der Waals surface area contributed by atoms with Gasteiger partial charge in [0.25, 0.3) is 5.91 Å². The fourth-order valence-electron chi connectivity index (χ4n) is 1.85. The molecule has 0 spiro atoms. The maximum absolute atomic E-state index is 12.3. The summed E-state index contributed by atoms with van der Waals surface area (Å²) in [7, 11) is 0. The average Bonchev–Trinajstić information content (AvgIpc) is 2.53. The van der Waals surface area contributed by atoms with Gasteiger partial charge in [0.2, 0.25) is 0 Å². The van der Waals surface area contributed by atoms with Crippen molar-refractivity contribution >= 4 is 17.4 Å². The smallest absolute Gasteiger partial charge is 0.274 e. The number of amides is 1. The van der Waals surface area contributed by atoms with Gasteiger partial charge in [0.15, 0.2) is 0 Å². The van der Waals surface area contributed by atoms with Gasteiger partial charge in [0.1, 0.15) is 17.3 Å². The summed E-state index contributed by atoms with van der Waals surface area (Å²) in [5.41, 5.74) is 1.46. The van der Waals surface area contributed by atoms with Crippen molar-refractivity contribution in [3.8, 4) is 6.07 Å². The van der Waals surface area contributed by atoms with Crippen LogP contribution in [0.4, 0.5) is 11.5 Å². The molecule has 2 N–H and O–H groups in total. The third kappa shape index (κ3) is 4.03. The lowest BCUT2D eigenvalue weighted by Crippen LogP contribution is -2.16. The lowest BCUT2D eigenvalue weighted by Gasteiger charge is -2.08. The Morgan fingerprint density at radius 3 is 2.64 bits per heavy atom. The second-order valence-electron chi connectivity index (χ2n) is 4.76. The summed E-state index contributed by atoms with van der Waals surface area (Å²) < 4.78 is 0. The van der Waals surface area contributed by atoms with E-state index in [-0.39, 0.29) is 5.91 Å². The number of aromatic nitrogens is 2. The van der Waals surface area contributed by atoms with Crippen molar-refractivity contribution in [1.29, 1.82) is 5.26 Å². The van der Waals surface area contributed by atoms with Crippen LogP contribution in [-0.4, -0.2) is 22.4 Å². The summed E-state index contributed by atoms with van der Waals surface area (Å²) in [5, 5.41) is 14.7. The molecule has 0 bridgehead atoms. The molecule has 0 radical (unpaired) electrons. The van der Waals surface area contributed by atoms with Crippen molar-refractivity contribution in [2.75, 3.05) is 17.2 Å². The number of rotatable bonds is 5. The van der Waals surface area contributed by atoms with Crippen LogP contribution >= 0.6 is 0 Å². The third-order valence-corrected chi connectivity index (χ3v) is 2.90. The minimum atomic E-state index is -0.310. The molecule has 2 aromatic rings. The topological polar surface area (TPSA) is 90.7 Å². The quantitative estimate of drug-likeness (QED) is 0.885. The van der Waals surface area contributed by atoms with Crippen LogP contribution in [0, 0.1) is 18.3 Å². The number of aryl methyl sites for hydroxylation is 1. The van der Waals surface area contributed by atoms with E-state index in [0.29, 0.717) is 28.6 Å².